The molecule has 6 nitrogen and oxygen atoms in total. The van der Waals surface area contributed by atoms with Crippen LogP contribution in [0.4, 0.5) is 5.82 Å². The summed E-state index contributed by atoms with van der Waals surface area (Å²) in [6.07, 6.45) is 6.73. The van der Waals surface area contributed by atoms with Crippen molar-refractivity contribution >= 4 is 27.4 Å². The van der Waals surface area contributed by atoms with Crippen LogP contribution in [0, 0.1) is 0 Å². The van der Waals surface area contributed by atoms with Gasteiger partial charge in [0, 0.05) is 37.6 Å². The first-order valence-electron chi connectivity index (χ1n) is 10.5. The van der Waals surface area contributed by atoms with Crippen LogP contribution in [0.3, 0.4) is 0 Å². The van der Waals surface area contributed by atoms with Crippen LogP contribution in [-0.2, 0) is 19.4 Å². The Bertz CT molecular complexity index is 1060. The third-order valence-corrected chi connectivity index (χ3v) is 7.45. The lowest BCUT2D eigenvalue weighted by molar-refractivity contribution is 0.174. The second-order valence-corrected chi connectivity index (χ2v) is 9.12. The van der Waals surface area contributed by atoms with Gasteiger partial charge in [0.15, 0.2) is 11.5 Å². The summed E-state index contributed by atoms with van der Waals surface area (Å²) in [4.78, 5) is 17.0. The molecule has 0 saturated carbocycles. The average molecular weight is 409 g/mol. The van der Waals surface area contributed by atoms with Gasteiger partial charge < -0.3 is 14.4 Å². The lowest BCUT2D eigenvalue weighted by Gasteiger charge is -2.35. The molecule has 2 aliphatic heterocycles. The SMILES string of the molecule is c1nc(N2CCN(Cc3ccc4c(c3)OCO4)CC2)c2c3c(sc2n1)CCCC3. The molecule has 1 aromatic carbocycles. The van der Waals surface area contributed by atoms with Crippen molar-refractivity contribution in [3.8, 4) is 11.5 Å². The van der Waals surface area contributed by atoms with E-state index in [1.54, 1.807) is 6.33 Å². The van der Waals surface area contributed by atoms with Crippen molar-refractivity contribution in [1.82, 2.24) is 14.9 Å². The first-order chi connectivity index (χ1) is 14.3. The van der Waals surface area contributed by atoms with Gasteiger partial charge in [-0.3, -0.25) is 4.90 Å². The molecule has 0 radical (unpaired) electrons. The van der Waals surface area contributed by atoms with E-state index in [4.69, 9.17) is 14.5 Å². The van der Waals surface area contributed by atoms with Crippen LogP contribution in [0.2, 0.25) is 0 Å². The number of nitrogens with zero attached hydrogens (tertiary/aromatic N) is 4. The Morgan fingerprint density at radius 1 is 0.966 bits per heavy atom. The fourth-order valence-corrected chi connectivity index (χ4v) is 5.95. The van der Waals surface area contributed by atoms with Crippen molar-refractivity contribution in [2.75, 3.05) is 37.9 Å². The molecule has 6 rings (SSSR count). The molecule has 7 heteroatoms. The minimum Gasteiger partial charge on any atom is -0.454 e. The first-order valence-corrected chi connectivity index (χ1v) is 11.3. The normalized spacial score (nSPS) is 19.0. The lowest BCUT2D eigenvalue weighted by Crippen LogP contribution is -2.46. The average Bonchev–Trinajstić information content (AvgIpc) is 3.38. The van der Waals surface area contributed by atoms with Crippen LogP contribution in [0.15, 0.2) is 24.5 Å². The molecule has 1 aliphatic carbocycles. The topological polar surface area (TPSA) is 50.7 Å². The van der Waals surface area contributed by atoms with Crippen molar-refractivity contribution in [3.63, 3.8) is 0 Å². The highest BCUT2D eigenvalue weighted by molar-refractivity contribution is 7.19. The number of ether oxygens (including phenoxy) is 2. The molecule has 0 bridgehead atoms. The van der Waals surface area contributed by atoms with Gasteiger partial charge in [0.2, 0.25) is 6.79 Å². The maximum absolute atomic E-state index is 5.52. The Balaban J connectivity index is 1.19. The Kier molecular flexibility index (Phi) is 4.31. The highest BCUT2D eigenvalue weighted by Gasteiger charge is 2.25. The molecular weight excluding hydrogens is 384 g/mol. The summed E-state index contributed by atoms with van der Waals surface area (Å²) in [6, 6.07) is 6.27. The van der Waals surface area contributed by atoms with E-state index in [1.165, 1.54) is 51.9 Å². The summed E-state index contributed by atoms with van der Waals surface area (Å²) in [5, 5.41) is 1.33. The van der Waals surface area contributed by atoms with Crippen LogP contribution in [0.25, 0.3) is 10.2 Å². The number of hydrogen-bond donors (Lipinski definition) is 0. The van der Waals surface area contributed by atoms with E-state index < -0.39 is 0 Å². The van der Waals surface area contributed by atoms with Gasteiger partial charge in [-0.15, -0.1) is 11.3 Å². The quantitative estimate of drug-likeness (QED) is 0.660. The molecular formula is C22H24N4O2S. The smallest absolute Gasteiger partial charge is 0.231 e. The number of aryl methyl sites for hydroxylation is 2. The standard InChI is InChI=1S/C22H24N4O2S/c1-2-4-19-16(3-1)20-21(23-13-24-22(20)29-19)26-9-7-25(8-10-26)12-15-5-6-17-18(11-15)28-14-27-17/h5-6,11,13H,1-4,7-10,12,14H2. The Morgan fingerprint density at radius 2 is 1.83 bits per heavy atom. The van der Waals surface area contributed by atoms with Crippen molar-refractivity contribution in [3.05, 3.63) is 40.5 Å². The van der Waals surface area contributed by atoms with E-state index in [-0.39, 0.29) is 0 Å². The molecule has 4 heterocycles. The Labute approximate surface area is 174 Å². The van der Waals surface area contributed by atoms with Gasteiger partial charge in [0.05, 0.1) is 5.39 Å². The molecule has 0 unspecified atom stereocenters. The van der Waals surface area contributed by atoms with Crippen molar-refractivity contribution in [1.29, 1.82) is 0 Å². The Morgan fingerprint density at radius 3 is 2.76 bits per heavy atom. The second-order valence-electron chi connectivity index (χ2n) is 8.04. The molecule has 0 atom stereocenters. The minimum absolute atomic E-state index is 0.331. The summed E-state index contributed by atoms with van der Waals surface area (Å²) in [7, 11) is 0. The fraction of sp³-hybridized carbons (Fsp3) is 0.455. The largest absolute Gasteiger partial charge is 0.454 e. The summed E-state index contributed by atoms with van der Waals surface area (Å²) < 4.78 is 10.9. The summed E-state index contributed by atoms with van der Waals surface area (Å²) in [5.41, 5.74) is 2.80. The number of hydrogen-bond acceptors (Lipinski definition) is 7. The monoisotopic (exact) mass is 408 g/mol. The molecule has 0 amide bonds. The van der Waals surface area contributed by atoms with E-state index >= 15 is 0 Å². The molecule has 3 aromatic rings. The van der Waals surface area contributed by atoms with E-state index in [0.29, 0.717) is 6.79 Å². The van der Waals surface area contributed by atoms with Crippen molar-refractivity contribution in [2.24, 2.45) is 0 Å². The van der Waals surface area contributed by atoms with Crippen LogP contribution in [0.1, 0.15) is 28.8 Å². The number of rotatable bonds is 3. The summed E-state index contributed by atoms with van der Waals surface area (Å²) in [5.74, 6) is 2.87. The Hall–Kier alpha value is -2.38. The van der Waals surface area contributed by atoms with Gasteiger partial charge in [-0.1, -0.05) is 6.07 Å². The zero-order valence-corrected chi connectivity index (χ0v) is 17.2. The molecule has 29 heavy (non-hydrogen) atoms. The zero-order chi connectivity index (χ0) is 19.2. The predicted molar refractivity (Wildman–Crippen MR) is 114 cm³/mol. The number of anilines is 1. The van der Waals surface area contributed by atoms with Gasteiger partial charge in [-0.05, 0) is 48.9 Å². The van der Waals surface area contributed by atoms with E-state index in [9.17, 15) is 0 Å². The maximum atomic E-state index is 5.52. The third kappa shape index (κ3) is 3.13. The van der Waals surface area contributed by atoms with E-state index in [2.05, 4.69) is 26.9 Å². The first kappa shape index (κ1) is 17.5. The van der Waals surface area contributed by atoms with Crippen molar-refractivity contribution < 1.29 is 9.47 Å². The molecule has 3 aliphatic rings. The number of fused-ring (bicyclic) bond motifs is 4. The lowest BCUT2D eigenvalue weighted by atomic mass is 9.97. The van der Waals surface area contributed by atoms with Gasteiger partial charge >= 0.3 is 0 Å². The summed E-state index contributed by atoms with van der Waals surface area (Å²) >= 11 is 1.88. The second kappa shape index (κ2) is 7.15. The van der Waals surface area contributed by atoms with Gasteiger partial charge in [-0.2, -0.15) is 0 Å². The van der Waals surface area contributed by atoms with Crippen LogP contribution >= 0.6 is 11.3 Å². The van der Waals surface area contributed by atoms with Crippen LogP contribution < -0.4 is 14.4 Å². The predicted octanol–water partition coefficient (Wildman–Crippen LogP) is 3.62. The van der Waals surface area contributed by atoms with Crippen molar-refractivity contribution in [2.45, 2.75) is 32.2 Å². The fourth-order valence-electron chi connectivity index (χ4n) is 4.73. The number of benzene rings is 1. The zero-order valence-electron chi connectivity index (χ0n) is 16.4. The number of aromatic nitrogens is 2. The molecule has 0 N–H and O–H groups in total. The maximum Gasteiger partial charge on any atom is 0.231 e. The minimum atomic E-state index is 0.331. The van der Waals surface area contributed by atoms with E-state index in [0.717, 1.165) is 50.0 Å². The number of thiophene rings is 1. The van der Waals surface area contributed by atoms with Gasteiger partial charge in [0.1, 0.15) is 17.0 Å². The summed E-state index contributed by atoms with van der Waals surface area (Å²) in [6.45, 7) is 5.34. The molecule has 1 fully saturated rings. The van der Waals surface area contributed by atoms with Gasteiger partial charge in [-0.25, -0.2) is 9.97 Å². The molecule has 1 saturated heterocycles. The van der Waals surface area contributed by atoms with Crippen LogP contribution in [-0.4, -0.2) is 47.8 Å². The third-order valence-electron chi connectivity index (χ3n) is 6.25. The molecule has 2 aromatic heterocycles. The van der Waals surface area contributed by atoms with Gasteiger partial charge in [0.25, 0.3) is 0 Å². The highest BCUT2D eigenvalue weighted by atomic mass is 32.1. The van der Waals surface area contributed by atoms with Crippen LogP contribution in [0.5, 0.6) is 11.5 Å². The molecule has 0 spiro atoms. The van der Waals surface area contributed by atoms with E-state index in [1.807, 2.05) is 17.4 Å². The molecule has 150 valence electrons. The highest BCUT2D eigenvalue weighted by Crippen LogP contribution is 2.39. The number of piperazine rings is 1.